The van der Waals surface area contributed by atoms with Gasteiger partial charge in [0.15, 0.2) is 0 Å². The Labute approximate surface area is 80.6 Å². The van der Waals surface area contributed by atoms with Crippen molar-refractivity contribution in [2.45, 2.75) is 58.3 Å². The summed E-state index contributed by atoms with van der Waals surface area (Å²) in [6.07, 6.45) is 3.98. The number of aliphatic hydroxyl groups excluding tert-OH is 1. The predicted octanol–water partition coefficient (Wildman–Crippen LogP) is 2.27. The van der Waals surface area contributed by atoms with Gasteiger partial charge < -0.3 is 9.84 Å². The fraction of sp³-hybridized carbons (Fsp3) is 0.818. The summed E-state index contributed by atoms with van der Waals surface area (Å²) in [5, 5.41) is 9.30. The molecule has 0 aromatic heterocycles. The monoisotopic (exact) mass is 184 g/mol. The van der Waals surface area contributed by atoms with Gasteiger partial charge in [0, 0.05) is 0 Å². The first-order valence-electron chi connectivity index (χ1n) is 4.95. The summed E-state index contributed by atoms with van der Waals surface area (Å²) in [4.78, 5) is 0. The Hall–Kier alpha value is -0.340. The van der Waals surface area contributed by atoms with E-state index in [4.69, 9.17) is 4.74 Å². The summed E-state index contributed by atoms with van der Waals surface area (Å²) in [5.74, 6) is 0. The molecule has 0 aromatic carbocycles. The maximum atomic E-state index is 9.30. The van der Waals surface area contributed by atoms with Crippen LogP contribution in [0.1, 0.15) is 40.5 Å². The Morgan fingerprint density at radius 3 is 2.62 bits per heavy atom. The SMILES string of the molecule is CC(C)=CCC[C@@]1(C)O[C@@H]1[C@H](C)O. The number of ether oxygens (including phenoxy) is 1. The molecule has 0 amide bonds. The van der Waals surface area contributed by atoms with Gasteiger partial charge in [-0.1, -0.05) is 11.6 Å². The average molecular weight is 184 g/mol. The summed E-state index contributed by atoms with van der Waals surface area (Å²) in [6.45, 7) is 8.06. The normalized spacial score (nSPS) is 34.1. The van der Waals surface area contributed by atoms with E-state index in [9.17, 15) is 5.11 Å². The van der Waals surface area contributed by atoms with Gasteiger partial charge in [-0.15, -0.1) is 0 Å². The van der Waals surface area contributed by atoms with Crippen molar-refractivity contribution >= 4 is 0 Å². The fourth-order valence-corrected chi connectivity index (χ4v) is 1.71. The van der Waals surface area contributed by atoms with Gasteiger partial charge in [0.2, 0.25) is 0 Å². The highest BCUT2D eigenvalue weighted by Crippen LogP contribution is 2.42. The Balaban J connectivity index is 2.28. The van der Waals surface area contributed by atoms with E-state index >= 15 is 0 Å². The van der Waals surface area contributed by atoms with Crippen molar-refractivity contribution in [1.29, 1.82) is 0 Å². The first-order chi connectivity index (χ1) is 5.96. The van der Waals surface area contributed by atoms with E-state index in [2.05, 4.69) is 26.8 Å². The average Bonchev–Trinajstić information content (AvgIpc) is 2.62. The van der Waals surface area contributed by atoms with Gasteiger partial charge in [0.05, 0.1) is 11.7 Å². The lowest BCUT2D eigenvalue weighted by Crippen LogP contribution is -2.19. The second-order valence-electron chi connectivity index (χ2n) is 4.41. The van der Waals surface area contributed by atoms with Crippen molar-refractivity contribution < 1.29 is 9.84 Å². The van der Waals surface area contributed by atoms with Crippen LogP contribution in [-0.2, 0) is 4.74 Å². The van der Waals surface area contributed by atoms with Crippen molar-refractivity contribution in [3.05, 3.63) is 11.6 Å². The summed E-state index contributed by atoms with van der Waals surface area (Å²) < 4.78 is 5.47. The molecule has 1 heterocycles. The molecule has 0 unspecified atom stereocenters. The van der Waals surface area contributed by atoms with Crippen LogP contribution in [0.3, 0.4) is 0 Å². The maximum Gasteiger partial charge on any atom is 0.113 e. The van der Waals surface area contributed by atoms with Crippen molar-refractivity contribution in [3.63, 3.8) is 0 Å². The Bertz CT molecular complexity index is 204. The molecule has 0 spiro atoms. The number of rotatable bonds is 4. The molecule has 1 fully saturated rings. The summed E-state index contributed by atoms with van der Waals surface area (Å²) >= 11 is 0. The fourth-order valence-electron chi connectivity index (χ4n) is 1.71. The van der Waals surface area contributed by atoms with E-state index in [1.54, 1.807) is 6.92 Å². The second-order valence-corrected chi connectivity index (χ2v) is 4.41. The van der Waals surface area contributed by atoms with Gasteiger partial charge in [-0.2, -0.15) is 0 Å². The smallest absolute Gasteiger partial charge is 0.113 e. The molecule has 2 nitrogen and oxygen atoms in total. The zero-order valence-electron chi connectivity index (χ0n) is 9.00. The second kappa shape index (κ2) is 3.81. The molecule has 0 aliphatic carbocycles. The third-order valence-corrected chi connectivity index (χ3v) is 2.57. The zero-order valence-corrected chi connectivity index (χ0v) is 9.00. The lowest BCUT2D eigenvalue weighted by Gasteiger charge is -2.05. The molecule has 1 aliphatic rings. The van der Waals surface area contributed by atoms with Crippen LogP contribution in [0, 0.1) is 0 Å². The quantitative estimate of drug-likeness (QED) is 0.537. The van der Waals surface area contributed by atoms with Crippen LogP contribution in [0.4, 0.5) is 0 Å². The molecule has 1 saturated heterocycles. The van der Waals surface area contributed by atoms with Gasteiger partial charge in [0.1, 0.15) is 6.10 Å². The van der Waals surface area contributed by atoms with Gasteiger partial charge >= 0.3 is 0 Å². The van der Waals surface area contributed by atoms with Gasteiger partial charge in [-0.05, 0) is 40.5 Å². The van der Waals surface area contributed by atoms with E-state index in [-0.39, 0.29) is 17.8 Å². The molecule has 1 rings (SSSR count). The largest absolute Gasteiger partial charge is 0.391 e. The zero-order chi connectivity index (χ0) is 10.1. The highest BCUT2D eigenvalue weighted by molar-refractivity contribution is 5.04. The summed E-state index contributed by atoms with van der Waals surface area (Å²) in [7, 11) is 0. The number of hydrogen-bond donors (Lipinski definition) is 1. The molecule has 1 N–H and O–H groups in total. The minimum Gasteiger partial charge on any atom is -0.391 e. The van der Waals surface area contributed by atoms with Crippen LogP contribution in [0.5, 0.6) is 0 Å². The summed E-state index contributed by atoms with van der Waals surface area (Å²) in [6, 6.07) is 0. The molecule has 0 radical (unpaired) electrons. The van der Waals surface area contributed by atoms with E-state index in [0.29, 0.717) is 0 Å². The highest BCUT2D eigenvalue weighted by Gasteiger charge is 2.53. The van der Waals surface area contributed by atoms with Crippen LogP contribution >= 0.6 is 0 Å². The number of aliphatic hydroxyl groups is 1. The summed E-state index contributed by atoms with van der Waals surface area (Å²) in [5.41, 5.74) is 1.28. The third-order valence-electron chi connectivity index (χ3n) is 2.57. The van der Waals surface area contributed by atoms with E-state index in [0.717, 1.165) is 12.8 Å². The standard InChI is InChI=1S/C11H20O2/c1-8(2)6-5-7-11(4)10(13-11)9(3)12/h6,9-10,12H,5,7H2,1-4H3/t9-,10+,11+/m0/s1. The van der Waals surface area contributed by atoms with Crippen molar-refractivity contribution in [2.24, 2.45) is 0 Å². The van der Waals surface area contributed by atoms with Crippen LogP contribution in [0.25, 0.3) is 0 Å². The van der Waals surface area contributed by atoms with E-state index in [1.807, 2.05) is 0 Å². The molecule has 0 aromatic rings. The lowest BCUT2D eigenvalue weighted by molar-refractivity contribution is 0.152. The van der Waals surface area contributed by atoms with Crippen molar-refractivity contribution in [3.8, 4) is 0 Å². The van der Waals surface area contributed by atoms with Crippen LogP contribution in [0.2, 0.25) is 0 Å². The minimum absolute atomic E-state index is 0.0538. The maximum absolute atomic E-state index is 9.30. The van der Waals surface area contributed by atoms with Crippen LogP contribution < -0.4 is 0 Å². The molecule has 0 saturated carbocycles. The van der Waals surface area contributed by atoms with Crippen molar-refractivity contribution in [2.75, 3.05) is 0 Å². The predicted molar refractivity (Wildman–Crippen MR) is 53.6 cm³/mol. The van der Waals surface area contributed by atoms with Gasteiger partial charge in [-0.25, -0.2) is 0 Å². The molecule has 1 aliphatic heterocycles. The third kappa shape index (κ3) is 2.82. The van der Waals surface area contributed by atoms with Crippen molar-refractivity contribution in [1.82, 2.24) is 0 Å². The molecule has 13 heavy (non-hydrogen) atoms. The molecule has 2 heteroatoms. The lowest BCUT2D eigenvalue weighted by atomic mass is 9.98. The number of allylic oxidation sites excluding steroid dienone is 2. The molecule has 0 bridgehead atoms. The molecular formula is C11H20O2. The highest BCUT2D eigenvalue weighted by atomic mass is 16.6. The topological polar surface area (TPSA) is 32.8 Å². The van der Waals surface area contributed by atoms with Gasteiger partial charge in [0.25, 0.3) is 0 Å². The van der Waals surface area contributed by atoms with Crippen LogP contribution in [-0.4, -0.2) is 22.9 Å². The van der Waals surface area contributed by atoms with E-state index < -0.39 is 0 Å². The Morgan fingerprint density at radius 1 is 1.62 bits per heavy atom. The van der Waals surface area contributed by atoms with Gasteiger partial charge in [-0.3, -0.25) is 0 Å². The van der Waals surface area contributed by atoms with E-state index in [1.165, 1.54) is 5.57 Å². The molecular weight excluding hydrogens is 164 g/mol. The van der Waals surface area contributed by atoms with Crippen LogP contribution in [0.15, 0.2) is 11.6 Å². The number of hydrogen-bond acceptors (Lipinski definition) is 2. The first kappa shape index (κ1) is 10.7. The first-order valence-corrected chi connectivity index (χ1v) is 4.95. The molecule has 76 valence electrons. The Morgan fingerprint density at radius 2 is 2.23 bits per heavy atom. The molecule has 3 atom stereocenters. The minimum atomic E-state index is -0.336. The number of epoxide rings is 1. The Kier molecular flexibility index (Phi) is 3.14.